The lowest BCUT2D eigenvalue weighted by molar-refractivity contribution is 0.0791. The fourth-order valence-electron chi connectivity index (χ4n) is 2.89. The van der Waals surface area contributed by atoms with E-state index in [-0.39, 0.29) is 17.4 Å². The molecule has 3 heterocycles. The second kappa shape index (κ2) is 5.47. The molecule has 0 radical (unpaired) electrons. The van der Waals surface area contributed by atoms with Crippen molar-refractivity contribution in [3.8, 4) is 0 Å². The van der Waals surface area contributed by atoms with Crippen molar-refractivity contribution in [1.82, 2.24) is 19.9 Å². The molecule has 0 saturated carbocycles. The summed E-state index contributed by atoms with van der Waals surface area (Å²) in [5.41, 5.74) is 7.22. The van der Waals surface area contributed by atoms with Crippen molar-refractivity contribution < 1.29 is 9.84 Å². The Morgan fingerprint density at radius 2 is 2.38 bits per heavy atom. The molecule has 2 aromatic heterocycles. The molecule has 5 N–H and O–H groups in total. The van der Waals surface area contributed by atoms with Crippen LogP contribution in [0.5, 0.6) is 0 Å². The van der Waals surface area contributed by atoms with Crippen LogP contribution in [0.1, 0.15) is 5.56 Å². The zero-order valence-electron chi connectivity index (χ0n) is 11.8. The monoisotopic (exact) mass is 293 g/mol. The van der Waals surface area contributed by atoms with Gasteiger partial charge in [-0.3, -0.25) is 14.7 Å². The van der Waals surface area contributed by atoms with Gasteiger partial charge in [-0.2, -0.15) is 0 Å². The van der Waals surface area contributed by atoms with Gasteiger partial charge in [0.05, 0.1) is 12.7 Å². The summed E-state index contributed by atoms with van der Waals surface area (Å²) in [4.78, 5) is 23.5. The number of ether oxygens (including phenoxy) is 1. The molecule has 0 spiro atoms. The average molecular weight is 293 g/mol. The van der Waals surface area contributed by atoms with Crippen LogP contribution in [0.25, 0.3) is 11.0 Å². The fourth-order valence-corrected chi connectivity index (χ4v) is 2.89. The van der Waals surface area contributed by atoms with Gasteiger partial charge in [0.2, 0.25) is 5.95 Å². The Bertz CT molecular complexity index is 695. The summed E-state index contributed by atoms with van der Waals surface area (Å²) in [5, 5.41) is 10.0. The van der Waals surface area contributed by atoms with Gasteiger partial charge in [-0.15, -0.1) is 0 Å². The number of aliphatic hydroxyl groups excluding tert-OH is 1. The summed E-state index contributed by atoms with van der Waals surface area (Å²) in [7, 11) is 1.63. The van der Waals surface area contributed by atoms with E-state index in [2.05, 4.69) is 19.9 Å². The molecule has 2 aromatic rings. The van der Waals surface area contributed by atoms with Crippen LogP contribution in [0, 0.1) is 5.92 Å². The highest BCUT2D eigenvalue weighted by atomic mass is 16.5. The number of fused-ring (bicyclic) bond motifs is 1. The molecule has 21 heavy (non-hydrogen) atoms. The van der Waals surface area contributed by atoms with E-state index in [1.54, 1.807) is 13.3 Å². The Balaban J connectivity index is 1.82. The molecule has 1 saturated heterocycles. The van der Waals surface area contributed by atoms with Crippen LogP contribution in [0.2, 0.25) is 0 Å². The van der Waals surface area contributed by atoms with Gasteiger partial charge in [0, 0.05) is 44.4 Å². The maximum Gasteiger partial charge on any atom is 0.276 e. The number of likely N-dealkylation sites (tertiary alicyclic amines) is 1. The predicted molar refractivity (Wildman–Crippen MR) is 77.8 cm³/mol. The number of hydrogen-bond donors (Lipinski definition) is 4. The minimum atomic E-state index is -0.392. The van der Waals surface area contributed by atoms with E-state index in [1.165, 1.54) is 0 Å². The SMILES string of the molecule is COCC1CN(Cc2c[nH]c3c(=O)[nH]c(N)nc23)CC1O. The van der Waals surface area contributed by atoms with Gasteiger partial charge in [0.25, 0.3) is 5.56 Å². The first-order valence-electron chi connectivity index (χ1n) is 6.83. The first-order valence-corrected chi connectivity index (χ1v) is 6.83. The quantitative estimate of drug-likeness (QED) is 0.590. The summed E-state index contributed by atoms with van der Waals surface area (Å²) in [6.07, 6.45) is 1.37. The third-order valence-corrected chi connectivity index (χ3v) is 3.89. The molecular weight excluding hydrogens is 274 g/mol. The van der Waals surface area contributed by atoms with Crippen LogP contribution >= 0.6 is 0 Å². The molecule has 3 rings (SSSR count). The summed E-state index contributed by atoms with van der Waals surface area (Å²) in [6.45, 7) is 2.48. The highest BCUT2D eigenvalue weighted by Gasteiger charge is 2.31. The number of nitrogens with two attached hydrogens (primary N) is 1. The van der Waals surface area contributed by atoms with Crippen molar-refractivity contribution in [2.45, 2.75) is 12.6 Å². The number of hydrogen-bond acceptors (Lipinski definition) is 6. The molecule has 0 amide bonds. The lowest BCUT2D eigenvalue weighted by atomic mass is 10.1. The number of rotatable bonds is 4. The van der Waals surface area contributed by atoms with Gasteiger partial charge < -0.3 is 20.6 Å². The van der Waals surface area contributed by atoms with Crippen LogP contribution in [0.4, 0.5) is 5.95 Å². The Kier molecular flexibility index (Phi) is 3.66. The standard InChI is InChI=1S/C13H19N5O3/c1-21-6-8-4-18(5-9(8)19)3-7-2-15-11-10(7)16-13(14)17-12(11)20/h2,8-9,15,19H,3-6H2,1H3,(H3,14,16,17,20). The van der Waals surface area contributed by atoms with E-state index in [0.29, 0.717) is 30.7 Å². The summed E-state index contributed by atoms with van der Waals surface area (Å²) in [5.74, 6) is 0.216. The molecule has 2 atom stereocenters. The van der Waals surface area contributed by atoms with Crippen LogP contribution in [-0.2, 0) is 11.3 Å². The zero-order chi connectivity index (χ0) is 15.0. The third-order valence-electron chi connectivity index (χ3n) is 3.89. The molecule has 0 bridgehead atoms. The molecule has 1 aliphatic heterocycles. The van der Waals surface area contributed by atoms with Gasteiger partial charge in [-0.05, 0) is 0 Å². The maximum absolute atomic E-state index is 11.8. The normalized spacial score (nSPS) is 23.1. The van der Waals surface area contributed by atoms with Crippen molar-refractivity contribution in [3.05, 3.63) is 22.1 Å². The van der Waals surface area contributed by atoms with Gasteiger partial charge in [-0.25, -0.2) is 4.98 Å². The Morgan fingerprint density at radius 1 is 1.57 bits per heavy atom. The van der Waals surface area contributed by atoms with E-state index < -0.39 is 6.10 Å². The number of β-amino-alcohol motifs (C(OH)–C–C–N with tert-alkyl or cyclic N) is 1. The van der Waals surface area contributed by atoms with Gasteiger partial charge in [0.15, 0.2) is 0 Å². The van der Waals surface area contributed by atoms with E-state index in [1.807, 2.05) is 0 Å². The number of anilines is 1. The van der Waals surface area contributed by atoms with E-state index >= 15 is 0 Å². The molecule has 1 aliphatic rings. The van der Waals surface area contributed by atoms with Crippen LogP contribution < -0.4 is 11.3 Å². The van der Waals surface area contributed by atoms with E-state index in [4.69, 9.17) is 10.5 Å². The second-order valence-corrected chi connectivity index (χ2v) is 5.47. The van der Waals surface area contributed by atoms with Gasteiger partial charge in [0.1, 0.15) is 11.0 Å². The van der Waals surface area contributed by atoms with E-state index in [0.717, 1.165) is 12.1 Å². The number of nitrogen functional groups attached to an aromatic ring is 1. The number of aromatic amines is 2. The first kappa shape index (κ1) is 14.1. The van der Waals surface area contributed by atoms with Crippen LogP contribution in [0.15, 0.2) is 11.0 Å². The molecular formula is C13H19N5O3. The Morgan fingerprint density at radius 3 is 3.14 bits per heavy atom. The molecule has 1 fully saturated rings. The van der Waals surface area contributed by atoms with Crippen molar-refractivity contribution in [1.29, 1.82) is 0 Å². The van der Waals surface area contributed by atoms with Gasteiger partial charge >= 0.3 is 0 Å². The van der Waals surface area contributed by atoms with Crippen molar-refractivity contribution in [3.63, 3.8) is 0 Å². The van der Waals surface area contributed by atoms with Gasteiger partial charge in [-0.1, -0.05) is 0 Å². The molecule has 2 unspecified atom stereocenters. The number of H-pyrrole nitrogens is 2. The Labute approximate surface area is 120 Å². The summed E-state index contributed by atoms with van der Waals surface area (Å²) in [6, 6.07) is 0. The Hall–Kier alpha value is -1.90. The summed E-state index contributed by atoms with van der Waals surface area (Å²) < 4.78 is 5.11. The number of aliphatic hydroxyl groups is 1. The largest absolute Gasteiger partial charge is 0.391 e. The molecule has 0 aromatic carbocycles. The maximum atomic E-state index is 11.8. The number of methoxy groups -OCH3 is 1. The lowest BCUT2D eigenvalue weighted by Crippen LogP contribution is -2.21. The van der Waals surface area contributed by atoms with Crippen LogP contribution in [-0.4, -0.2) is 57.9 Å². The molecule has 8 heteroatoms. The smallest absolute Gasteiger partial charge is 0.276 e. The minimum absolute atomic E-state index is 0.104. The third kappa shape index (κ3) is 2.65. The van der Waals surface area contributed by atoms with E-state index in [9.17, 15) is 9.90 Å². The second-order valence-electron chi connectivity index (χ2n) is 5.47. The number of aromatic nitrogens is 3. The van der Waals surface area contributed by atoms with Crippen molar-refractivity contribution in [2.75, 3.05) is 32.5 Å². The molecule has 114 valence electrons. The number of nitrogens with zero attached hydrogens (tertiary/aromatic N) is 2. The minimum Gasteiger partial charge on any atom is -0.391 e. The summed E-state index contributed by atoms with van der Waals surface area (Å²) >= 11 is 0. The van der Waals surface area contributed by atoms with Crippen LogP contribution in [0.3, 0.4) is 0 Å². The van der Waals surface area contributed by atoms with Crippen molar-refractivity contribution >= 4 is 17.0 Å². The molecule has 8 nitrogen and oxygen atoms in total. The highest BCUT2D eigenvalue weighted by Crippen LogP contribution is 2.22. The predicted octanol–water partition coefficient (Wildman–Crippen LogP) is -0.727. The lowest BCUT2D eigenvalue weighted by Gasteiger charge is -2.14. The zero-order valence-corrected chi connectivity index (χ0v) is 11.8. The fraction of sp³-hybridized carbons (Fsp3) is 0.538. The average Bonchev–Trinajstić information content (AvgIpc) is 2.96. The molecule has 0 aliphatic carbocycles. The topological polar surface area (TPSA) is 120 Å². The number of nitrogens with one attached hydrogen (secondary N) is 2. The highest BCUT2D eigenvalue weighted by molar-refractivity contribution is 5.78. The van der Waals surface area contributed by atoms with Crippen molar-refractivity contribution in [2.24, 2.45) is 5.92 Å². The first-order chi connectivity index (χ1) is 10.1.